The Morgan fingerprint density at radius 2 is 2.05 bits per heavy atom. The summed E-state index contributed by atoms with van der Waals surface area (Å²) in [5.41, 5.74) is 3.46. The molecule has 0 aliphatic carbocycles. The largest absolute Gasteiger partial charge is 0.493 e. The molecule has 2 aromatic rings. The van der Waals surface area contributed by atoms with Crippen molar-refractivity contribution in [1.82, 2.24) is 0 Å². The predicted molar refractivity (Wildman–Crippen MR) is 94.9 cm³/mol. The Balaban J connectivity index is 2.16. The summed E-state index contributed by atoms with van der Waals surface area (Å²) in [5.74, 6) is 1.40. The van der Waals surface area contributed by atoms with Crippen molar-refractivity contribution in [1.29, 1.82) is 0 Å². The number of para-hydroxylation sites is 1. The van der Waals surface area contributed by atoms with E-state index < -0.39 is 0 Å². The van der Waals surface area contributed by atoms with Crippen LogP contribution in [0.4, 0.5) is 5.69 Å². The number of nitrogens with one attached hydrogen (secondary N) is 1. The van der Waals surface area contributed by atoms with Gasteiger partial charge in [-0.2, -0.15) is 0 Å². The zero-order valence-electron chi connectivity index (χ0n) is 12.9. The van der Waals surface area contributed by atoms with Gasteiger partial charge in [-0.3, -0.25) is 0 Å². The normalized spacial score (nSPS) is 10.1. The Morgan fingerprint density at radius 1 is 1.27 bits per heavy atom. The van der Waals surface area contributed by atoms with E-state index in [-0.39, 0.29) is 0 Å². The minimum atomic E-state index is 0.440. The van der Waals surface area contributed by atoms with Crippen LogP contribution in [0.25, 0.3) is 0 Å². The molecule has 3 nitrogen and oxygen atoms in total. The first-order chi connectivity index (χ1) is 10.7. The summed E-state index contributed by atoms with van der Waals surface area (Å²) in [6.45, 7) is 6.90. The lowest BCUT2D eigenvalue weighted by atomic mass is 10.1. The number of anilines is 1. The smallest absolute Gasteiger partial charge is 0.175 e. The van der Waals surface area contributed by atoms with Gasteiger partial charge >= 0.3 is 0 Å². The number of rotatable bonds is 7. The Morgan fingerprint density at radius 3 is 2.73 bits per heavy atom. The van der Waals surface area contributed by atoms with Crippen LogP contribution in [0.2, 0.25) is 0 Å². The van der Waals surface area contributed by atoms with Crippen LogP contribution >= 0.6 is 15.9 Å². The summed E-state index contributed by atoms with van der Waals surface area (Å²) < 4.78 is 11.9. The molecular formula is C18H20BrNO2. The fraction of sp³-hybridized carbons (Fsp3) is 0.222. The standard InChI is InChI=1S/C18H20BrNO2/c1-4-9-22-18-15(19)10-14(11-17(18)21-3)12-20-16-8-6-5-7-13(16)2/h4-8,10-11,20H,1,9,12H2,2-3H3. The number of aryl methyl sites for hydroxylation is 1. The number of benzene rings is 2. The lowest BCUT2D eigenvalue weighted by Gasteiger charge is -2.15. The van der Waals surface area contributed by atoms with Crippen LogP contribution in [-0.4, -0.2) is 13.7 Å². The van der Waals surface area contributed by atoms with Gasteiger partial charge in [-0.15, -0.1) is 0 Å². The van der Waals surface area contributed by atoms with Gasteiger partial charge in [0, 0.05) is 12.2 Å². The molecule has 0 saturated heterocycles. The van der Waals surface area contributed by atoms with Crippen molar-refractivity contribution in [2.75, 3.05) is 19.0 Å². The maximum Gasteiger partial charge on any atom is 0.175 e. The van der Waals surface area contributed by atoms with E-state index in [0.29, 0.717) is 24.7 Å². The maximum absolute atomic E-state index is 5.63. The fourth-order valence-electron chi connectivity index (χ4n) is 2.13. The van der Waals surface area contributed by atoms with Crippen molar-refractivity contribution >= 4 is 21.6 Å². The summed E-state index contributed by atoms with van der Waals surface area (Å²) in [6.07, 6.45) is 1.71. The molecule has 0 unspecified atom stereocenters. The van der Waals surface area contributed by atoms with Crippen LogP contribution in [0.5, 0.6) is 11.5 Å². The van der Waals surface area contributed by atoms with Crippen molar-refractivity contribution in [3.8, 4) is 11.5 Å². The molecule has 116 valence electrons. The highest BCUT2D eigenvalue weighted by Gasteiger charge is 2.11. The average molecular weight is 362 g/mol. The van der Waals surface area contributed by atoms with Crippen LogP contribution in [0.1, 0.15) is 11.1 Å². The molecule has 0 aliphatic rings. The molecule has 0 saturated carbocycles. The van der Waals surface area contributed by atoms with E-state index in [4.69, 9.17) is 9.47 Å². The van der Waals surface area contributed by atoms with Gasteiger partial charge in [0.1, 0.15) is 6.61 Å². The number of hydrogen-bond acceptors (Lipinski definition) is 3. The molecule has 0 radical (unpaired) electrons. The SMILES string of the molecule is C=CCOc1c(Br)cc(CNc2ccccc2C)cc1OC. The molecular weight excluding hydrogens is 342 g/mol. The quantitative estimate of drug-likeness (QED) is 0.708. The average Bonchev–Trinajstić information content (AvgIpc) is 2.52. The molecule has 0 spiro atoms. The molecule has 0 amide bonds. The minimum Gasteiger partial charge on any atom is -0.493 e. The van der Waals surface area contributed by atoms with E-state index in [9.17, 15) is 0 Å². The highest BCUT2D eigenvalue weighted by molar-refractivity contribution is 9.10. The summed E-state index contributed by atoms with van der Waals surface area (Å²) in [6, 6.07) is 12.2. The zero-order valence-corrected chi connectivity index (χ0v) is 14.4. The van der Waals surface area contributed by atoms with Crippen molar-refractivity contribution in [2.45, 2.75) is 13.5 Å². The van der Waals surface area contributed by atoms with Crippen LogP contribution in [0.15, 0.2) is 53.5 Å². The van der Waals surface area contributed by atoms with E-state index in [0.717, 1.165) is 15.7 Å². The topological polar surface area (TPSA) is 30.5 Å². The third-order valence-corrected chi connectivity index (χ3v) is 3.85. The van der Waals surface area contributed by atoms with Crippen LogP contribution in [0.3, 0.4) is 0 Å². The lowest BCUT2D eigenvalue weighted by molar-refractivity contribution is 0.324. The van der Waals surface area contributed by atoms with Gasteiger partial charge < -0.3 is 14.8 Å². The van der Waals surface area contributed by atoms with Gasteiger partial charge in [0.15, 0.2) is 11.5 Å². The first kappa shape index (κ1) is 16.4. The van der Waals surface area contributed by atoms with Crippen molar-refractivity contribution < 1.29 is 9.47 Å². The van der Waals surface area contributed by atoms with Crippen molar-refractivity contribution in [3.63, 3.8) is 0 Å². The number of halogens is 1. The van der Waals surface area contributed by atoms with Crippen LogP contribution in [-0.2, 0) is 6.54 Å². The molecule has 0 aromatic heterocycles. The monoisotopic (exact) mass is 361 g/mol. The highest BCUT2D eigenvalue weighted by Crippen LogP contribution is 2.36. The second-order valence-electron chi connectivity index (χ2n) is 4.88. The van der Waals surface area contributed by atoms with E-state index >= 15 is 0 Å². The Hall–Kier alpha value is -1.94. The van der Waals surface area contributed by atoms with E-state index in [1.807, 2.05) is 24.3 Å². The Bertz CT molecular complexity index is 656. The van der Waals surface area contributed by atoms with Gasteiger partial charge in [0.25, 0.3) is 0 Å². The summed E-state index contributed by atoms with van der Waals surface area (Å²) in [4.78, 5) is 0. The van der Waals surface area contributed by atoms with Gasteiger partial charge in [0.2, 0.25) is 0 Å². The number of ether oxygens (including phenoxy) is 2. The number of hydrogen-bond donors (Lipinski definition) is 1. The van der Waals surface area contributed by atoms with Gasteiger partial charge in [0.05, 0.1) is 11.6 Å². The van der Waals surface area contributed by atoms with Gasteiger partial charge in [-0.25, -0.2) is 0 Å². The molecule has 0 bridgehead atoms. The fourth-order valence-corrected chi connectivity index (χ4v) is 2.73. The minimum absolute atomic E-state index is 0.440. The zero-order chi connectivity index (χ0) is 15.9. The van der Waals surface area contributed by atoms with Gasteiger partial charge in [-0.05, 0) is 52.2 Å². The van der Waals surface area contributed by atoms with E-state index in [1.165, 1.54) is 5.56 Å². The van der Waals surface area contributed by atoms with Crippen molar-refractivity contribution in [2.24, 2.45) is 0 Å². The van der Waals surface area contributed by atoms with Gasteiger partial charge in [-0.1, -0.05) is 30.9 Å². The molecule has 0 fully saturated rings. The van der Waals surface area contributed by atoms with Crippen LogP contribution < -0.4 is 14.8 Å². The third kappa shape index (κ3) is 4.04. The Kier molecular flexibility index (Phi) is 5.90. The maximum atomic E-state index is 5.63. The molecule has 0 heterocycles. The molecule has 0 atom stereocenters. The Labute approximate surface area is 140 Å². The molecule has 2 aromatic carbocycles. The predicted octanol–water partition coefficient (Wildman–Crippen LogP) is 4.94. The summed E-state index contributed by atoms with van der Waals surface area (Å²) >= 11 is 3.54. The van der Waals surface area contributed by atoms with Crippen molar-refractivity contribution in [3.05, 3.63) is 64.7 Å². The lowest BCUT2D eigenvalue weighted by Crippen LogP contribution is -2.03. The number of methoxy groups -OCH3 is 1. The summed E-state index contributed by atoms with van der Waals surface area (Å²) in [7, 11) is 1.64. The van der Waals surface area contributed by atoms with E-state index in [1.54, 1.807) is 13.2 Å². The molecule has 22 heavy (non-hydrogen) atoms. The van der Waals surface area contributed by atoms with E-state index in [2.05, 4.69) is 46.9 Å². The second-order valence-corrected chi connectivity index (χ2v) is 5.73. The van der Waals surface area contributed by atoms with Crippen LogP contribution in [0, 0.1) is 6.92 Å². The highest BCUT2D eigenvalue weighted by atomic mass is 79.9. The first-order valence-corrected chi connectivity index (χ1v) is 7.84. The third-order valence-electron chi connectivity index (χ3n) is 3.26. The molecule has 0 aliphatic heterocycles. The molecule has 2 rings (SSSR count). The molecule has 1 N–H and O–H groups in total. The first-order valence-electron chi connectivity index (χ1n) is 7.05. The molecule has 4 heteroatoms. The summed E-state index contributed by atoms with van der Waals surface area (Å²) in [5, 5.41) is 3.44. The second kappa shape index (κ2) is 7.90.